The number of carbonyl (C=O) groups excluding carboxylic acids is 1. The zero-order chi connectivity index (χ0) is 24.6. The molecule has 0 atom stereocenters. The molecule has 2 aromatic heterocycles. The van der Waals surface area contributed by atoms with Crippen molar-refractivity contribution in [1.29, 1.82) is 0 Å². The van der Waals surface area contributed by atoms with Crippen LogP contribution in [0.15, 0.2) is 78.0 Å². The van der Waals surface area contributed by atoms with Crippen molar-refractivity contribution >= 4 is 11.4 Å². The third-order valence-electron chi connectivity index (χ3n) is 6.98. The quantitative estimate of drug-likeness (QED) is 0.479. The normalized spacial score (nSPS) is 15.6. The third-order valence-corrected chi connectivity index (χ3v) is 6.98. The van der Waals surface area contributed by atoms with E-state index < -0.39 is 5.60 Å². The van der Waals surface area contributed by atoms with Crippen LogP contribution in [0.1, 0.15) is 48.5 Å². The molecule has 1 fully saturated rings. The number of amides is 1. The van der Waals surface area contributed by atoms with E-state index in [4.69, 9.17) is 0 Å². The highest BCUT2D eigenvalue weighted by Gasteiger charge is 2.35. The lowest BCUT2D eigenvalue weighted by atomic mass is 9.89. The minimum absolute atomic E-state index is 0.0121. The number of hydrogen-bond acceptors (Lipinski definition) is 4. The summed E-state index contributed by atoms with van der Waals surface area (Å²) in [6.07, 6.45) is 3.98. The Kier molecular flexibility index (Phi) is 6.03. The second-order valence-electron chi connectivity index (χ2n) is 9.74. The van der Waals surface area contributed by atoms with E-state index in [1.54, 1.807) is 18.3 Å². The monoisotopic (exact) mass is 470 g/mol. The number of fused-ring (bicyclic) bond motifs is 1. The third kappa shape index (κ3) is 4.51. The Balaban J connectivity index is 1.34. The lowest BCUT2D eigenvalue weighted by Crippen LogP contribution is -2.49. The van der Waals surface area contributed by atoms with Gasteiger partial charge in [0.1, 0.15) is 11.8 Å². The molecule has 1 aliphatic heterocycles. The number of piperidine rings is 1. The summed E-state index contributed by atoms with van der Waals surface area (Å²) in [6, 6.07) is 19.7. The highest BCUT2D eigenvalue weighted by molar-refractivity contribution is 5.97. The van der Waals surface area contributed by atoms with Gasteiger partial charge in [0.15, 0.2) is 0 Å². The summed E-state index contributed by atoms with van der Waals surface area (Å²) < 4.78 is 2.99. The molecule has 7 heteroatoms. The van der Waals surface area contributed by atoms with Gasteiger partial charge < -0.3 is 10.0 Å². The van der Waals surface area contributed by atoms with Gasteiger partial charge in [-0.15, -0.1) is 0 Å². The van der Waals surface area contributed by atoms with Gasteiger partial charge in [-0.1, -0.05) is 56.3 Å². The van der Waals surface area contributed by atoms with Crippen molar-refractivity contribution in [3.8, 4) is 11.1 Å². The maximum Gasteiger partial charge on any atom is 0.277 e. The maximum absolute atomic E-state index is 13.6. The Morgan fingerprint density at radius 3 is 2.49 bits per heavy atom. The predicted octanol–water partition coefficient (Wildman–Crippen LogP) is 3.95. The number of aromatic nitrogens is 3. The summed E-state index contributed by atoms with van der Waals surface area (Å²) in [5, 5.41) is 15.5. The second-order valence-corrected chi connectivity index (χ2v) is 9.74. The molecule has 180 valence electrons. The molecule has 1 N–H and O–H groups in total. The SMILES string of the molecule is CC(C)c1ccc(-c2ccccc2)cc1C(=O)N1CCC(O)(Cn2cnn3cccc3c2=O)CC1. The van der Waals surface area contributed by atoms with E-state index >= 15 is 0 Å². The van der Waals surface area contributed by atoms with Gasteiger partial charge in [0, 0.05) is 24.8 Å². The van der Waals surface area contributed by atoms with Crippen molar-refractivity contribution in [1.82, 2.24) is 19.1 Å². The molecule has 4 aromatic rings. The molecule has 1 saturated heterocycles. The summed E-state index contributed by atoms with van der Waals surface area (Å²) in [4.78, 5) is 28.2. The van der Waals surface area contributed by atoms with Crippen molar-refractivity contribution < 1.29 is 9.90 Å². The maximum atomic E-state index is 13.6. The predicted molar refractivity (Wildman–Crippen MR) is 136 cm³/mol. The molecule has 5 rings (SSSR count). The van der Waals surface area contributed by atoms with E-state index in [-0.39, 0.29) is 23.9 Å². The largest absolute Gasteiger partial charge is 0.388 e. The molecule has 0 saturated carbocycles. The van der Waals surface area contributed by atoms with Gasteiger partial charge in [0.2, 0.25) is 0 Å². The molecule has 0 radical (unpaired) electrons. The summed E-state index contributed by atoms with van der Waals surface area (Å²) in [6.45, 7) is 5.20. The van der Waals surface area contributed by atoms with Gasteiger partial charge in [-0.25, -0.2) is 4.52 Å². The number of aliphatic hydroxyl groups is 1. The summed E-state index contributed by atoms with van der Waals surface area (Å²) in [5.74, 6) is 0.200. The van der Waals surface area contributed by atoms with Crippen LogP contribution in [0.2, 0.25) is 0 Å². The molecule has 1 amide bonds. The molecule has 0 aliphatic carbocycles. The van der Waals surface area contributed by atoms with Gasteiger partial charge in [-0.2, -0.15) is 5.10 Å². The van der Waals surface area contributed by atoms with Gasteiger partial charge in [0.05, 0.1) is 12.1 Å². The lowest BCUT2D eigenvalue weighted by molar-refractivity contribution is -0.0300. The lowest BCUT2D eigenvalue weighted by Gasteiger charge is -2.38. The van der Waals surface area contributed by atoms with Crippen LogP contribution in [-0.2, 0) is 6.54 Å². The van der Waals surface area contributed by atoms with Gasteiger partial charge in [-0.3, -0.25) is 14.2 Å². The van der Waals surface area contributed by atoms with E-state index in [9.17, 15) is 14.7 Å². The fraction of sp³-hybridized carbons (Fsp3) is 0.321. The van der Waals surface area contributed by atoms with Crippen LogP contribution in [0.4, 0.5) is 0 Å². The minimum Gasteiger partial charge on any atom is -0.388 e. The highest BCUT2D eigenvalue weighted by atomic mass is 16.3. The van der Waals surface area contributed by atoms with Crippen molar-refractivity contribution in [3.05, 3.63) is 94.7 Å². The first kappa shape index (κ1) is 23.1. The molecule has 3 heterocycles. The Morgan fingerprint density at radius 2 is 1.77 bits per heavy atom. The van der Waals surface area contributed by atoms with Gasteiger partial charge in [-0.05, 0) is 53.6 Å². The first-order chi connectivity index (χ1) is 16.8. The Morgan fingerprint density at radius 1 is 1.03 bits per heavy atom. The van der Waals surface area contributed by atoms with Gasteiger partial charge >= 0.3 is 0 Å². The Bertz CT molecular complexity index is 1410. The number of likely N-dealkylation sites (tertiary alicyclic amines) is 1. The fourth-order valence-electron chi connectivity index (χ4n) is 4.90. The molecule has 1 aliphatic rings. The van der Waals surface area contributed by atoms with Crippen LogP contribution < -0.4 is 5.56 Å². The minimum atomic E-state index is -1.07. The molecule has 0 spiro atoms. The summed E-state index contributed by atoms with van der Waals surface area (Å²) >= 11 is 0. The average molecular weight is 471 g/mol. The van der Waals surface area contributed by atoms with Crippen LogP contribution >= 0.6 is 0 Å². The first-order valence-electron chi connectivity index (χ1n) is 12.1. The topological polar surface area (TPSA) is 79.8 Å². The summed E-state index contributed by atoms with van der Waals surface area (Å²) in [7, 11) is 0. The first-order valence-corrected chi connectivity index (χ1v) is 12.1. The standard InChI is InChI=1S/C28H30N4O3/c1-20(2)23-11-10-22(21-7-4-3-5-8-21)17-24(23)26(33)30-15-12-28(35,13-16-30)18-31-19-29-32-14-6-9-25(32)27(31)34/h3-11,14,17,19-20,35H,12-13,15-16,18H2,1-2H3. The second kappa shape index (κ2) is 9.15. The molecule has 35 heavy (non-hydrogen) atoms. The summed E-state index contributed by atoms with van der Waals surface area (Å²) in [5.41, 5.74) is 3.04. The van der Waals surface area contributed by atoms with Crippen LogP contribution in [0.25, 0.3) is 16.6 Å². The number of carbonyl (C=O) groups is 1. The molecular formula is C28H30N4O3. The Hall–Kier alpha value is -3.71. The number of nitrogens with zero attached hydrogens (tertiary/aromatic N) is 4. The van der Waals surface area contributed by atoms with Gasteiger partial charge in [0.25, 0.3) is 11.5 Å². The number of benzene rings is 2. The average Bonchev–Trinajstić information content (AvgIpc) is 3.36. The smallest absolute Gasteiger partial charge is 0.277 e. The zero-order valence-electron chi connectivity index (χ0n) is 20.1. The number of rotatable bonds is 5. The van der Waals surface area contributed by atoms with Crippen molar-refractivity contribution in [3.63, 3.8) is 0 Å². The molecule has 2 aromatic carbocycles. The Labute approximate surface area is 204 Å². The molecule has 7 nitrogen and oxygen atoms in total. The highest BCUT2D eigenvalue weighted by Crippen LogP contribution is 2.30. The molecule has 0 bridgehead atoms. The van der Waals surface area contributed by atoms with E-state index in [1.807, 2.05) is 41.3 Å². The van der Waals surface area contributed by atoms with E-state index in [0.717, 1.165) is 16.7 Å². The van der Waals surface area contributed by atoms with E-state index in [2.05, 4.69) is 31.1 Å². The van der Waals surface area contributed by atoms with Crippen LogP contribution in [0.5, 0.6) is 0 Å². The van der Waals surface area contributed by atoms with E-state index in [0.29, 0.717) is 37.0 Å². The number of hydrogen-bond donors (Lipinski definition) is 1. The van der Waals surface area contributed by atoms with Crippen molar-refractivity contribution in [2.24, 2.45) is 0 Å². The molecular weight excluding hydrogens is 440 g/mol. The van der Waals surface area contributed by atoms with E-state index in [1.165, 1.54) is 15.4 Å². The van der Waals surface area contributed by atoms with Crippen LogP contribution in [0.3, 0.4) is 0 Å². The zero-order valence-corrected chi connectivity index (χ0v) is 20.1. The van der Waals surface area contributed by atoms with Crippen LogP contribution in [0, 0.1) is 0 Å². The van der Waals surface area contributed by atoms with Crippen LogP contribution in [-0.4, -0.2) is 48.8 Å². The van der Waals surface area contributed by atoms with Crippen molar-refractivity contribution in [2.45, 2.75) is 44.8 Å². The van der Waals surface area contributed by atoms with Crippen molar-refractivity contribution in [2.75, 3.05) is 13.1 Å². The fourth-order valence-corrected chi connectivity index (χ4v) is 4.90. The molecule has 0 unspecified atom stereocenters.